The van der Waals surface area contributed by atoms with Gasteiger partial charge < -0.3 is 9.32 Å². The van der Waals surface area contributed by atoms with Crippen LogP contribution in [0.15, 0.2) is 28.7 Å². The van der Waals surface area contributed by atoms with E-state index in [1.54, 1.807) is 6.07 Å². The highest BCUT2D eigenvalue weighted by atomic mass is 35.5. The molecule has 0 radical (unpaired) electrons. The van der Waals surface area contributed by atoms with Gasteiger partial charge in [-0.05, 0) is 48.9 Å². The molecule has 2 heterocycles. The van der Waals surface area contributed by atoms with E-state index in [-0.39, 0.29) is 5.91 Å². The largest absolute Gasteiger partial charge is 0.451 e. The summed E-state index contributed by atoms with van der Waals surface area (Å²) in [5.74, 6) is 1.97. The lowest BCUT2D eigenvalue weighted by atomic mass is 9.75. The summed E-state index contributed by atoms with van der Waals surface area (Å²) in [6.45, 7) is 1.75. The van der Waals surface area contributed by atoms with Crippen LogP contribution >= 0.6 is 11.6 Å². The van der Waals surface area contributed by atoms with Crippen molar-refractivity contribution in [2.45, 2.75) is 32.1 Å². The minimum Gasteiger partial charge on any atom is -0.451 e. The summed E-state index contributed by atoms with van der Waals surface area (Å²) in [6.07, 6.45) is 6.42. The Labute approximate surface area is 135 Å². The van der Waals surface area contributed by atoms with Crippen molar-refractivity contribution < 1.29 is 9.21 Å². The van der Waals surface area contributed by atoms with Crippen LogP contribution in [0.4, 0.5) is 0 Å². The highest BCUT2D eigenvalue weighted by molar-refractivity contribution is 6.31. The summed E-state index contributed by atoms with van der Waals surface area (Å²) in [5.41, 5.74) is 0.723. The third-order valence-electron chi connectivity index (χ3n) is 5.27. The SMILES string of the molecule is O=C(c1cc2cc(Cl)ccc2o1)N1CC[C@@H]2CCCC[C@@H]2C1. The van der Waals surface area contributed by atoms with Crippen LogP contribution in [0, 0.1) is 11.8 Å². The number of carbonyl (C=O) groups is 1. The summed E-state index contributed by atoms with van der Waals surface area (Å²) in [7, 11) is 0. The van der Waals surface area contributed by atoms with Crippen molar-refractivity contribution in [1.82, 2.24) is 4.90 Å². The van der Waals surface area contributed by atoms with Gasteiger partial charge in [0, 0.05) is 23.5 Å². The van der Waals surface area contributed by atoms with Crippen LogP contribution in [0.1, 0.15) is 42.7 Å². The third kappa shape index (κ3) is 2.52. The first-order valence-electron chi connectivity index (χ1n) is 8.19. The molecule has 3 nitrogen and oxygen atoms in total. The van der Waals surface area contributed by atoms with Crippen molar-refractivity contribution in [3.8, 4) is 0 Å². The zero-order valence-electron chi connectivity index (χ0n) is 12.6. The Bertz CT molecular complexity index is 708. The number of piperidine rings is 1. The van der Waals surface area contributed by atoms with Crippen molar-refractivity contribution >= 4 is 28.5 Å². The highest BCUT2D eigenvalue weighted by Crippen LogP contribution is 2.36. The van der Waals surface area contributed by atoms with Gasteiger partial charge in [0.05, 0.1) is 0 Å². The van der Waals surface area contributed by atoms with Crippen molar-refractivity contribution in [1.29, 1.82) is 0 Å². The lowest BCUT2D eigenvalue weighted by molar-refractivity contribution is 0.0494. The van der Waals surface area contributed by atoms with E-state index in [9.17, 15) is 4.79 Å². The van der Waals surface area contributed by atoms with Crippen LogP contribution in [0.2, 0.25) is 5.02 Å². The molecule has 0 unspecified atom stereocenters. The Morgan fingerprint density at radius 3 is 2.82 bits per heavy atom. The van der Waals surface area contributed by atoms with Gasteiger partial charge in [0.15, 0.2) is 5.76 Å². The molecule has 0 N–H and O–H groups in total. The second kappa shape index (κ2) is 5.62. The van der Waals surface area contributed by atoms with Crippen LogP contribution in [-0.2, 0) is 0 Å². The minimum absolute atomic E-state index is 0.0244. The lowest BCUT2D eigenvalue weighted by Crippen LogP contribution is -2.44. The number of fused-ring (bicyclic) bond motifs is 2. The van der Waals surface area contributed by atoms with Crippen LogP contribution in [0.25, 0.3) is 11.0 Å². The molecule has 4 rings (SSSR count). The van der Waals surface area contributed by atoms with E-state index >= 15 is 0 Å². The van der Waals surface area contributed by atoms with E-state index in [1.807, 2.05) is 23.1 Å². The first-order chi connectivity index (χ1) is 10.7. The summed E-state index contributed by atoms with van der Waals surface area (Å²) in [4.78, 5) is 14.7. The van der Waals surface area contributed by atoms with Crippen LogP contribution in [0.3, 0.4) is 0 Å². The Morgan fingerprint density at radius 2 is 1.95 bits per heavy atom. The van der Waals surface area contributed by atoms with Gasteiger partial charge in [-0.25, -0.2) is 0 Å². The maximum atomic E-state index is 12.7. The highest BCUT2D eigenvalue weighted by Gasteiger charge is 2.34. The molecule has 1 aliphatic carbocycles. The Balaban J connectivity index is 1.55. The Morgan fingerprint density at radius 1 is 1.14 bits per heavy atom. The van der Waals surface area contributed by atoms with E-state index in [4.69, 9.17) is 16.0 Å². The van der Waals surface area contributed by atoms with Gasteiger partial charge >= 0.3 is 0 Å². The normalized spacial score (nSPS) is 25.2. The van der Waals surface area contributed by atoms with E-state index in [0.717, 1.165) is 36.4 Å². The fraction of sp³-hybridized carbons (Fsp3) is 0.500. The van der Waals surface area contributed by atoms with Gasteiger partial charge in [-0.15, -0.1) is 0 Å². The first kappa shape index (κ1) is 14.1. The maximum Gasteiger partial charge on any atom is 0.289 e. The molecule has 2 aromatic rings. The molecule has 1 saturated heterocycles. The molecule has 2 fully saturated rings. The molecule has 1 saturated carbocycles. The summed E-state index contributed by atoms with van der Waals surface area (Å²) in [5, 5.41) is 1.55. The minimum atomic E-state index is 0.0244. The predicted octanol–water partition coefficient (Wildman–Crippen LogP) is 4.74. The predicted molar refractivity (Wildman–Crippen MR) is 87.2 cm³/mol. The van der Waals surface area contributed by atoms with E-state index in [2.05, 4.69) is 0 Å². The van der Waals surface area contributed by atoms with E-state index in [1.165, 1.54) is 25.7 Å². The molecular formula is C18H20ClNO2. The number of amides is 1. The second-order valence-corrected chi connectivity index (χ2v) is 7.07. The second-order valence-electron chi connectivity index (χ2n) is 6.64. The molecule has 22 heavy (non-hydrogen) atoms. The number of likely N-dealkylation sites (tertiary alicyclic amines) is 1. The maximum absolute atomic E-state index is 12.7. The molecule has 0 bridgehead atoms. The Hall–Kier alpha value is -1.48. The first-order valence-corrected chi connectivity index (χ1v) is 8.57. The van der Waals surface area contributed by atoms with Gasteiger partial charge in [0.25, 0.3) is 5.91 Å². The monoisotopic (exact) mass is 317 g/mol. The molecule has 116 valence electrons. The Kier molecular flexibility index (Phi) is 3.61. The molecule has 1 aromatic heterocycles. The topological polar surface area (TPSA) is 33.5 Å². The number of hydrogen-bond donors (Lipinski definition) is 0. The van der Waals surface area contributed by atoms with E-state index < -0.39 is 0 Å². The summed E-state index contributed by atoms with van der Waals surface area (Å²) < 4.78 is 5.72. The zero-order chi connectivity index (χ0) is 15.1. The molecule has 1 amide bonds. The number of hydrogen-bond acceptors (Lipinski definition) is 2. The number of halogens is 1. The fourth-order valence-electron chi connectivity index (χ4n) is 4.06. The summed E-state index contributed by atoms with van der Waals surface area (Å²) in [6, 6.07) is 7.26. The average molecular weight is 318 g/mol. The van der Waals surface area contributed by atoms with Gasteiger partial charge in [-0.3, -0.25) is 4.79 Å². The molecule has 1 aromatic carbocycles. The molecule has 2 atom stereocenters. The van der Waals surface area contributed by atoms with Crippen LogP contribution < -0.4 is 0 Å². The molecule has 1 aliphatic heterocycles. The quantitative estimate of drug-likeness (QED) is 0.761. The number of nitrogens with zero attached hydrogens (tertiary/aromatic N) is 1. The number of benzene rings is 1. The van der Waals surface area contributed by atoms with Crippen molar-refractivity contribution in [3.05, 3.63) is 35.0 Å². The van der Waals surface area contributed by atoms with E-state index in [0.29, 0.717) is 16.7 Å². The summed E-state index contributed by atoms with van der Waals surface area (Å²) >= 11 is 6.00. The van der Waals surface area contributed by atoms with Crippen molar-refractivity contribution in [2.75, 3.05) is 13.1 Å². The molecule has 2 aliphatic rings. The van der Waals surface area contributed by atoms with Crippen LogP contribution in [-0.4, -0.2) is 23.9 Å². The van der Waals surface area contributed by atoms with Crippen LogP contribution in [0.5, 0.6) is 0 Å². The number of carbonyl (C=O) groups excluding carboxylic acids is 1. The fourth-order valence-corrected chi connectivity index (χ4v) is 4.24. The lowest BCUT2D eigenvalue weighted by Gasteiger charge is -2.41. The zero-order valence-corrected chi connectivity index (χ0v) is 13.3. The standard InChI is InChI=1S/C18H20ClNO2/c19-15-5-6-16-14(9-15)10-17(22-16)18(21)20-8-7-12-3-1-2-4-13(12)11-20/h5-6,9-10,12-13H,1-4,7-8,11H2/t12-,13+/m0/s1. The average Bonchev–Trinajstić information content (AvgIpc) is 2.96. The molecular weight excluding hydrogens is 298 g/mol. The van der Waals surface area contributed by atoms with Gasteiger partial charge in [-0.1, -0.05) is 30.9 Å². The van der Waals surface area contributed by atoms with Gasteiger partial charge in [0.1, 0.15) is 5.58 Å². The molecule has 4 heteroatoms. The van der Waals surface area contributed by atoms with Crippen molar-refractivity contribution in [3.63, 3.8) is 0 Å². The van der Waals surface area contributed by atoms with Gasteiger partial charge in [-0.2, -0.15) is 0 Å². The van der Waals surface area contributed by atoms with Crippen molar-refractivity contribution in [2.24, 2.45) is 11.8 Å². The number of furan rings is 1. The molecule has 0 spiro atoms. The smallest absolute Gasteiger partial charge is 0.289 e. The van der Waals surface area contributed by atoms with Gasteiger partial charge in [0.2, 0.25) is 0 Å². The number of rotatable bonds is 1. The third-order valence-corrected chi connectivity index (χ3v) is 5.50.